The Morgan fingerprint density at radius 1 is 1.41 bits per heavy atom. The lowest BCUT2D eigenvalue weighted by Crippen LogP contribution is -2.36. The van der Waals surface area contributed by atoms with Gasteiger partial charge >= 0.3 is 0 Å². The van der Waals surface area contributed by atoms with Crippen molar-refractivity contribution in [3.63, 3.8) is 0 Å². The quantitative estimate of drug-likeness (QED) is 0.629. The monoisotopic (exact) mass is 231 g/mol. The highest BCUT2D eigenvalue weighted by atomic mass is 16.3. The molecule has 0 atom stereocenters. The van der Waals surface area contributed by atoms with Gasteiger partial charge < -0.3 is 15.5 Å². The van der Waals surface area contributed by atoms with Crippen molar-refractivity contribution in [2.24, 2.45) is 10.7 Å². The summed E-state index contributed by atoms with van der Waals surface area (Å²) in [5, 5.41) is 4.12. The van der Waals surface area contributed by atoms with Crippen molar-refractivity contribution in [2.75, 3.05) is 0 Å². The minimum Gasteiger partial charge on any atom is -0.459 e. The average molecular weight is 231 g/mol. The lowest BCUT2D eigenvalue weighted by Gasteiger charge is -2.07. The minimum absolute atomic E-state index is 0.287. The van der Waals surface area contributed by atoms with E-state index in [-0.39, 0.29) is 6.04 Å². The van der Waals surface area contributed by atoms with Gasteiger partial charge in [-0.2, -0.15) is 0 Å². The predicted octanol–water partition coefficient (Wildman–Crippen LogP) is 2.25. The number of nitrogens with two attached hydrogens (primary N) is 1. The Bertz CT molecular complexity index is 495. The van der Waals surface area contributed by atoms with Gasteiger partial charge in [0.05, 0.1) is 0 Å². The summed E-state index contributed by atoms with van der Waals surface area (Å²) in [4.78, 5) is 4.22. The zero-order chi connectivity index (χ0) is 12.3. The van der Waals surface area contributed by atoms with Gasteiger partial charge in [-0.15, -0.1) is 0 Å². The number of aliphatic imine (C=N–C) groups is 1. The summed E-state index contributed by atoms with van der Waals surface area (Å²) in [6.07, 6.45) is 0. The van der Waals surface area contributed by atoms with Crippen LogP contribution in [0.2, 0.25) is 0 Å². The van der Waals surface area contributed by atoms with Crippen LogP contribution in [0.25, 0.3) is 11.0 Å². The Labute approximate surface area is 101 Å². The van der Waals surface area contributed by atoms with Crippen LogP contribution in [0.3, 0.4) is 0 Å². The highest BCUT2D eigenvalue weighted by molar-refractivity contribution is 5.79. The molecule has 2 rings (SSSR count). The number of nitrogens with zero attached hydrogens (tertiary/aromatic N) is 1. The minimum atomic E-state index is 0.287. The van der Waals surface area contributed by atoms with Gasteiger partial charge in [0, 0.05) is 11.4 Å². The molecule has 0 aliphatic heterocycles. The van der Waals surface area contributed by atoms with Crippen LogP contribution in [-0.2, 0) is 6.54 Å². The van der Waals surface area contributed by atoms with Gasteiger partial charge in [-0.05, 0) is 26.0 Å². The second kappa shape index (κ2) is 4.91. The first-order valence-corrected chi connectivity index (χ1v) is 5.69. The molecule has 1 heterocycles. The first-order valence-electron chi connectivity index (χ1n) is 5.69. The summed E-state index contributed by atoms with van der Waals surface area (Å²) < 4.78 is 5.63. The van der Waals surface area contributed by atoms with E-state index in [1.54, 1.807) is 0 Å². The number of furan rings is 1. The molecule has 4 heteroatoms. The SMILES string of the molecule is CC(C)NC(N)=NCc1cc2ccccc2o1. The van der Waals surface area contributed by atoms with Crippen LogP contribution in [0.15, 0.2) is 39.7 Å². The summed E-state index contributed by atoms with van der Waals surface area (Å²) in [5.74, 6) is 1.26. The number of fused-ring (bicyclic) bond motifs is 1. The Balaban J connectivity index is 2.08. The van der Waals surface area contributed by atoms with Crippen LogP contribution >= 0.6 is 0 Å². The average Bonchev–Trinajstić information content (AvgIpc) is 2.68. The molecule has 0 saturated carbocycles. The van der Waals surface area contributed by atoms with Crippen molar-refractivity contribution < 1.29 is 4.42 Å². The van der Waals surface area contributed by atoms with Crippen molar-refractivity contribution in [1.29, 1.82) is 0 Å². The number of para-hydroxylation sites is 1. The number of hydrogen-bond donors (Lipinski definition) is 2. The molecule has 0 fully saturated rings. The van der Waals surface area contributed by atoms with Crippen LogP contribution in [-0.4, -0.2) is 12.0 Å². The first kappa shape index (κ1) is 11.5. The molecular weight excluding hydrogens is 214 g/mol. The maximum Gasteiger partial charge on any atom is 0.189 e. The van der Waals surface area contributed by atoms with E-state index in [1.165, 1.54) is 0 Å². The molecule has 1 aromatic carbocycles. The standard InChI is InChI=1S/C13H17N3O/c1-9(2)16-13(14)15-8-11-7-10-5-3-4-6-12(10)17-11/h3-7,9H,8H2,1-2H3,(H3,14,15,16). The second-order valence-corrected chi connectivity index (χ2v) is 4.25. The third-order valence-electron chi connectivity index (χ3n) is 2.32. The van der Waals surface area contributed by atoms with Gasteiger partial charge in [0.15, 0.2) is 5.96 Å². The van der Waals surface area contributed by atoms with Gasteiger partial charge in [0.25, 0.3) is 0 Å². The zero-order valence-electron chi connectivity index (χ0n) is 10.1. The molecule has 0 radical (unpaired) electrons. The van der Waals surface area contributed by atoms with E-state index >= 15 is 0 Å². The zero-order valence-corrected chi connectivity index (χ0v) is 10.1. The number of hydrogen-bond acceptors (Lipinski definition) is 2. The molecule has 3 N–H and O–H groups in total. The van der Waals surface area contributed by atoms with Gasteiger partial charge in [-0.3, -0.25) is 0 Å². The van der Waals surface area contributed by atoms with E-state index in [0.717, 1.165) is 16.7 Å². The lowest BCUT2D eigenvalue weighted by atomic mass is 10.2. The molecule has 4 nitrogen and oxygen atoms in total. The van der Waals surface area contributed by atoms with E-state index in [1.807, 2.05) is 44.2 Å². The Kier molecular flexibility index (Phi) is 3.32. The molecule has 0 saturated heterocycles. The maximum absolute atomic E-state index is 5.71. The summed E-state index contributed by atoms with van der Waals surface area (Å²) >= 11 is 0. The predicted molar refractivity (Wildman–Crippen MR) is 69.8 cm³/mol. The largest absolute Gasteiger partial charge is 0.459 e. The van der Waals surface area contributed by atoms with Gasteiger partial charge in [0.2, 0.25) is 0 Å². The number of rotatable bonds is 3. The Morgan fingerprint density at radius 2 is 2.18 bits per heavy atom. The van der Waals surface area contributed by atoms with Crippen molar-refractivity contribution in [2.45, 2.75) is 26.4 Å². The molecule has 0 aliphatic rings. The number of nitrogens with one attached hydrogen (secondary N) is 1. The summed E-state index contributed by atoms with van der Waals surface area (Å²) in [5.41, 5.74) is 6.60. The first-order chi connectivity index (χ1) is 8.15. The van der Waals surface area contributed by atoms with E-state index in [4.69, 9.17) is 10.2 Å². The molecule has 0 unspecified atom stereocenters. The van der Waals surface area contributed by atoms with Crippen LogP contribution in [0.5, 0.6) is 0 Å². The molecule has 1 aromatic heterocycles. The third-order valence-corrected chi connectivity index (χ3v) is 2.32. The maximum atomic E-state index is 5.71. The van der Waals surface area contributed by atoms with Gasteiger partial charge in [0.1, 0.15) is 17.9 Å². The Morgan fingerprint density at radius 3 is 2.88 bits per heavy atom. The van der Waals surface area contributed by atoms with Crippen molar-refractivity contribution >= 4 is 16.9 Å². The van der Waals surface area contributed by atoms with Crippen molar-refractivity contribution in [1.82, 2.24) is 5.32 Å². The number of benzene rings is 1. The fourth-order valence-corrected chi connectivity index (χ4v) is 1.62. The van der Waals surface area contributed by atoms with Crippen molar-refractivity contribution in [3.8, 4) is 0 Å². The molecule has 0 spiro atoms. The van der Waals surface area contributed by atoms with Crippen LogP contribution in [0, 0.1) is 0 Å². The molecule has 0 aliphatic carbocycles. The smallest absolute Gasteiger partial charge is 0.189 e. The molecular formula is C13H17N3O. The molecule has 17 heavy (non-hydrogen) atoms. The third kappa shape index (κ3) is 3.00. The highest BCUT2D eigenvalue weighted by Gasteiger charge is 2.02. The highest BCUT2D eigenvalue weighted by Crippen LogP contribution is 2.19. The fraction of sp³-hybridized carbons (Fsp3) is 0.308. The summed E-state index contributed by atoms with van der Waals surface area (Å²) in [6, 6.07) is 10.2. The normalized spacial score (nSPS) is 12.3. The fourth-order valence-electron chi connectivity index (χ4n) is 1.62. The topological polar surface area (TPSA) is 63.5 Å². The van der Waals surface area contributed by atoms with E-state index in [0.29, 0.717) is 12.5 Å². The summed E-state index contributed by atoms with van der Waals surface area (Å²) in [6.45, 7) is 4.49. The van der Waals surface area contributed by atoms with Crippen molar-refractivity contribution in [3.05, 3.63) is 36.1 Å². The van der Waals surface area contributed by atoms with E-state index in [2.05, 4.69) is 10.3 Å². The van der Waals surface area contributed by atoms with E-state index in [9.17, 15) is 0 Å². The molecule has 0 amide bonds. The Hall–Kier alpha value is -1.97. The molecule has 0 bridgehead atoms. The number of guanidine groups is 1. The van der Waals surface area contributed by atoms with E-state index < -0.39 is 0 Å². The van der Waals surface area contributed by atoms with Crippen LogP contribution in [0.4, 0.5) is 0 Å². The molecule has 90 valence electrons. The second-order valence-electron chi connectivity index (χ2n) is 4.25. The lowest BCUT2D eigenvalue weighted by molar-refractivity contribution is 0.552. The van der Waals surface area contributed by atoms with Gasteiger partial charge in [-0.25, -0.2) is 4.99 Å². The van der Waals surface area contributed by atoms with Crippen LogP contribution in [0.1, 0.15) is 19.6 Å². The van der Waals surface area contributed by atoms with Crippen LogP contribution < -0.4 is 11.1 Å². The summed E-state index contributed by atoms with van der Waals surface area (Å²) in [7, 11) is 0. The van der Waals surface area contributed by atoms with Gasteiger partial charge in [-0.1, -0.05) is 18.2 Å². The molecule has 2 aromatic rings.